The summed E-state index contributed by atoms with van der Waals surface area (Å²) in [6.07, 6.45) is 0. The average Bonchev–Trinajstić information content (AvgIpc) is 2.57. The van der Waals surface area contributed by atoms with Crippen molar-refractivity contribution in [2.24, 2.45) is 10.8 Å². The molecule has 0 atom stereocenters. The van der Waals surface area contributed by atoms with Gasteiger partial charge in [-0.15, -0.1) is 0 Å². The molecule has 112 valence electrons. The first kappa shape index (κ1) is 14.4. The van der Waals surface area contributed by atoms with E-state index in [1.165, 1.54) is 0 Å². The molecule has 0 aromatic heterocycles. The molecule has 3 rings (SSSR count). The molecule has 0 saturated heterocycles. The summed E-state index contributed by atoms with van der Waals surface area (Å²) < 4.78 is 5.35. The Kier molecular flexibility index (Phi) is 3.69. The van der Waals surface area contributed by atoms with Crippen LogP contribution in [0.2, 0.25) is 0 Å². The summed E-state index contributed by atoms with van der Waals surface area (Å²) in [4.78, 5) is 0. The van der Waals surface area contributed by atoms with Crippen molar-refractivity contribution in [3.63, 3.8) is 0 Å². The van der Waals surface area contributed by atoms with Crippen molar-refractivity contribution >= 4 is 11.4 Å². The zero-order chi connectivity index (χ0) is 15.7. The molecule has 1 heterocycles. The van der Waals surface area contributed by atoms with Crippen molar-refractivity contribution in [2.45, 2.75) is 6.54 Å². The Bertz CT molecular complexity index is 747. The lowest BCUT2D eigenvalue weighted by Gasteiger charge is -2.27. The van der Waals surface area contributed by atoms with Gasteiger partial charge in [-0.25, -0.2) is 0 Å². The minimum absolute atomic E-state index is 0.536. The molecule has 0 amide bonds. The summed E-state index contributed by atoms with van der Waals surface area (Å²) >= 11 is 0. The zero-order valence-electron chi connectivity index (χ0n) is 12.8. The van der Waals surface area contributed by atoms with E-state index in [0.29, 0.717) is 6.54 Å². The fraction of sp³-hybridized carbons (Fsp3) is 0.167. The third-order valence-electron chi connectivity index (χ3n) is 3.90. The fourth-order valence-corrected chi connectivity index (χ4v) is 2.55. The summed E-state index contributed by atoms with van der Waals surface area (Å²) in [5.74, 6) is 0.808. The van der Waals surface area contributed by atoms with Crippen LogP contribution in [-0.4, -0.2) is 24.9 Å². The highest BCUT2D eigenvalue weighted by molar-refractivity contribution is 6.16. The van der Waals surface area contributed by atoms with Gasteiger partial charge in [-0.3, -0.25) is 5.01 Å². The van der Waals surface area contributed by atoms with E-state index in [0.717, 1.165) is 39.4 Å². The minimum Gasteiger partial charge on any atom is -0.497 e. The van der Waals surface area contributed by atoms with Gasteiger partial charge < -0.3 is 10.5 Å². The second-order valence-corrected chi connectivity index (χ2v) is 5.23. The summed E-state index contributed by atoms with van der Waals surface area (Å²) in [6, 6.07) is 14.1. The first-order valence-electron chi connectivity index (χ1n) is 7.13. The minimum atomic E-state index is 0.536. The molecular weight excluding hydrogens is 274 g/mol. The lowest BCUT2D eigenvalue weighted by atomic mass is 9.94. The van der Waals surface area contributed by atoms with Crippen molar-refractivity contribution in [2.75, 3.05) is 14.2 Å². The monoisotopic (exact) mass is 293 g/mol. The van der Waals surface area contributed by atoms with E-state index >= 15 is 0 Å². The Morgan fingerprint density at radius 1 is 1.14 bits per heavy atom. The number of methoxy groups -OCH3 is 1. The Balaban J connectivity index is 2.14. The normalized spacial score (nSPS) is 13.7. The lowest BCUT2D eigenvalue weighted by molar-refractivity contribution is 0.414. The number of ether oxygens (including phenoxy) is 1. The van der Waals surface area contributed by atoms with Crippen LogP contribution in [0.15, 0.2) is 54.1 Å². The topological polar surface area (TPSA) is 50.9 Å². The molecule has 0 fully saturated rings. The van der Waals surface area contributed by atoms with Crippen LogP contribution < -0.4 is 10.5 Å². The van der Waals surface area contributed by atoms with E-state index in [1.807, 2.05) is 49.5 Å². The number of rotatable bonds is 3. The zero-order valence-corrected chi connectivity index (χ0v) is 12.8. The lowest BCUT2D eigenvalue weighted by Crippen LogP contribution is -2.22. The molecule has 0 aliphatic carbocycles. The first-order valence-corrected chi connectivity index (χ1v) is 7.13. The summed E-state index contributed by atoms with van der Waals surface area (Å²) in [6.45, 7) is 4.64. The van der Waals surface area contributed by atoms with Crippen LogP contribution in [0.1, 0.15) is 22.3 Å². The Morgan fingerprint density at radius 3 is 2.50 bits per heavy atom. The van der Waals surface area contributed by atoms with Crippen molar-refractivity contribution in [3.8, 4) is 5.75 Å². The predicted molar refractivity (Wildman–Crippen MR) is 89.8 cm³/mol. The second kappa shape index (κ2) is 5.66. The molecule has 2 aromatic carbocycles. The van der Waals surface area contributed by atoms with Gasteiger partial charge in [0.1, 0.15) is 5.75 Å². The van der Waals surface area contributed by atoms with Crippen LogP contribution in [0.5, 0.6) is 5.75 Å². The molecule has 4 nitrogen and oxygen atoms in total. The van der Waals surface area contributed by atoms with Crippen molar-refractivity contribution < 1.29 is 4.74 Å². The third kappa shape index (κ3) is 2.38. The van der Waals surface area contributed by atoms with Gasteiger partial charge >= 0.3 is 0 Å². The van der Waals surface area contributed by atoms with Crippen LogP contribution in [0.4, 0.5) is 0 Å². The number of benzene rings is 2. The molecule has 22 heavy (non-hydrogen) atoms. The van der Waals surface area contributed by atoms with Gasteiger partial charge in [0.15, 0.2) is 0 Å². The Morgan fingerprint density at radius 2 is 1.86 bits per heavy atom. The van der Waals surface area contributed by atoms with E-state index in [4.69, 9.17) is 10.5 Å². The summed E-state index contributed by atoms with van der Waals surface area (Å²) in [5, 5.41) is 6.48. The molecule has 1 aliphatic heterocycles. The standard InChI is InChI=1S/C18H19N3O/c1-12-16-9-8-15(22-3)10-17(16)18(20-21(12)2)14-6-4-13(11-19)5-7-14/h4-10H,1,11,19H2,2-3H3. The largest absolute Gasteiger partial charge is 0.497 e. The van der Waals surface area contributed by atoms with Crippen molar-refractivity contribution in [3.05, 3.63) is 71.3 Å². The van der Waals surface area contributed by atoms with Gasteiger partial charge in [0.2, 0.25) is 0 Å². The maximum Gasteiger partial charge on any atom is 0.119 e. The van der Waals surface area contributed by atoms with Crippen LogP contribution in [0, 0.1) is 0 Å². The average molecular weight is 293 g/mol. The van der Waals surface area contributed by atoms with Crippen LogP contribution in [0.3, 0.4) is 0 Å². The number of hydrazone groups is 1. The van der Waals surface area contributed by atoms with Crippen molar-refractivity contribution in [1.82, 2.24) is 5.01 Å². The Labute approximate surface area is 130 Å². The summed E-state index contributed by atoms with van der Waals surface area (Å²) in [5.41, 5.74) is 11.7. The number of nitrogens with zero attached hydrogens (tertiary/aromatic N) is 2. The quantitative estimate of drug-likeness (QED) is 0.946. The molecule has 0 spiro atoms. The first-order chi connectivity index (χ1) is 10.6. The predicted octanol–water partition coefficient (Wildman–Crippen LogP) is 2.82. The van der Waals surface area contributed by atoms with Gasteiger partial charge in [0.05, 0.1) is 18.5 Å². The van der Waals surface area contributed by atoms with Crippen LogP contribution >= 0.6 is 0 Å². The third-order valence-corrected chi connectivity index (χ3v) is 3.90. The molecule has 2 aromatic rings. The van der Waals surface area contributed by atoms with Crippen LogP contribution in [-0.2, 0) is 6.54 Å². The number of hydrogen-bond donors (Lipinski definition) is 1. The Hall–Kier alpha value is -2.59. The highest BCUT2D eigenvalue weighted by atomic mass is 16.5. The number of nitrogens with two attached hydrogens (primary N) is 1. The smallest absolute Gasteiger partial charge is 0.119 e. The highest BCUT2D eigenvalue weighted by Gasteiger charge is 2.22. The van der Waals surface area contributed by atoms with E-state index in [1.54, 1.807) is 12.1 Å². The molecular formula is C18H19N3O. The number of fused-ring (bicyclic) bond motifs is 1. The molecule has 1 aliphatic rings. The van der Waals surface area contributed by atoms with Crippen molar-refractivity contribution in [1.29, 1.82) is 0 Å². The van der Waals surface area contributed by atoms with Crippen LogP contribution in [0.25, 0.3) is 5.70 Å². The van der Waals surface area contributed by atoms with Gasteiger partial charge in [0.25, 0.3) is 0 Å². The van der Waals surface area contributed by atoms with E-state index in [9.17, 15) is 0 Å². The van der Waals surface area contributed by atoms with E-state index < -0.39 is 0 Å². The van der Waals surface area contributed by atoms with Gasteiger partial charge in [-0.05, 0) is 23.8 Å². The number of hydrogen-bond acceptors (Lipinski definition) is 4. The fourth-order valence-electron chi connectivity index (χ4n) is 2.55. The maximum atomic E-state index is 5.67. The SMILES string of the molecule is C=C1c2ccc(OC)cc2C(c2ccc(CN)cc2)=NN1C. The molecule has 0 unspecified atom stereocenters. The van der Waals surface area contributed by atoms with E-state index in [2.05, 4.69) is 11.7 Å². The molecule has 2 N–H and O–H groups in total. The van der Waals surface area contributed by atoms with E-state index in [-0.39, 0.29) is 0 Å². The highest BCUT2D eigenvalue weighted by Crippen LogP contribution is 2.31. The molecule has 4 heteroatoms. The maximum absolute atomic E-state index is 5.67. The van der Waals surface area contributed by atoms with Gasteiger partial charge in [-0.1, -0.05) is 30.8 Å². The molecule has 0 saturated carbocycles. The second-order valence-electron chi connectivity index (χ2n) is 5.23. The van der Waals surface area contributed by atoms with Gasteiger partial charge in [-0.2, -0.15) is 5.10 Å². The summed E-state index contributed by atoms with van der Waals surface area (Å²) in [7, 11) is 3.57. The molecule has 0 radical (unpaired) electrons. The van der Waals surface area contributed by atoms with Gasteiger partial charge in [0, 0.05) is 30.3 Å². The molecule has 0 bridgehead atoms.